The number of rotatable bonds is 3. The van der Waals surface area contributed by atoms with Crippen LogP contribution in [0.1, 0.15) is 11.3 Å². The van der Waals surface area contributed by atoms with Gasteiger partial charge in [0, 0.05) is 11.9 Å². The Labute approximate surface area is 118 Å². The lowest BCUT2D eigenvalue weighted by atomic mass is 10.2. The fraction of sp³-hybridized carbons (Fsp3) is 0.0714. The van der Waals surface area contributed by atoms with Crippen LogP contribution in [0.3, 0.4) is 0 Å². The molecule has 0 unspecified atom stereocenters. The molecule has 0 saturated carbocycles. The molecule has 0 aliphatic carbocycles. The molecule has 0 fully saturated rings. The molecule has 3 nitrogen and oxygen atoms in total. The van der Waals surface area contributed by atoms with Crippen molar-refractivity contribution in [2.45, 2.75) is 10.1 Å². The molecule has 0 aliphatic rings. The van der Waals surface area contributed by atoms with Crippen molar-refractivity contribution in [3.63, 3.8) is 0 Å². The van der Waals surface area contributed by atoms with E-state index in [0.717, 1.165) is 21.2 Å². The molecule has 3 aromatic rings. The molecule has 0 amide bonds. The van der Waals surface area contributed by atoms with Crippen LogP contribution >= 0.6 is 23.1 Å². The summed E-state index contributed by atoms with van der Waals surface area (Å²) in [4.78, 5) is 8.54. The summed E-state index contributed by atoms with van der Waals surface area (Å²) in [5.41, 5.74) is 2.60. The average molecular weight is 283 g/mol. The van der Waals surface area contributed by atoms with Gasteiger partial charge in [-0.1, -0.05) is 23.9 Å². The highest BCUT2D eigenvalue weighted by molar-refractivity contribution is 8.00. The Hall–Kier alpha value is -1.90. The predicted molar refractivity (Wildman–Crippen MR) is 78.1 cm³/mol. The summed E-state index contributed by atoms with van der Waals surface area (Å²) in [6.45, 7) is 0. The van der Waals surface area contributed by atoms with Gasteiger partial charge in [0.05, 0.1) is 10.2 Å². The Morgan fingerprint density at radius 3 is 3.00 bits per heavy atom. The maximum absolute atomic E-state index is 8.81. The molecule has 2 heterocycles. The summed E-state index contributed by atoms with van der Waals surface area (Å²) in [6.07, 6.45) is 1.67. The minimum Gasteiger partial charge on any atom is -0.246 e. The van der Waals surface area contributed by atoms with E-state index in [2.05, 4.69) is 22.1 Å². The van der Waals surface area contributed by atoms with E-state index < -0.39 is 0 Å². The van der Waals surface area contributed by atoms with E-state index in [4.69, 9.17) is 5.26 Å². The summed E-state index contributed by atoms with van der Waals surface area (Å²) >= 11 is 3.39. The van der Waals surface area contributed by atoms with Crippen LogP contribution in [0.2, 0.25) is 0 Å². The van der Waals surface area contributed by atoms with Crippen LogP contribution in [0.5, 0.6) is 0 Å². The molecule has 3 rings (SSSR count). The normalized spacial score (nSPS) is 10.5. The van der Waals surface area contributed by atoms with Crippen LogP contribution in [0.4, 0.5) is 0 Å². The van der Waals surface area contributed by atoms with Gasteiger partial charge in [-0.05, 0) is 29.8 Å². The summed E-state index contributed by atoms with van der Waals surface area (Å²) in [5, 5.41) is 8.81. The summed E-state index contributed by atoms with van der Waals surface area (Å²) in [7, 11) is 0. The number of thiazole rings is 1. The van der Waals surface area contributed by atoms with Crippen molar-refractivity contribution in [3.8, 4) is 6.07 Å². The van der Waals surface area contributed by atoms with Crippen molar-refractivity contribution >= 4 is 33.3 Å². The van der Waals surface area contributed by atoms with Crippen LogP contribution in [-0.2, 0) is 5.75 Å². The Morgan fingerprint density at radius 2 is 2.16 bits per heavy atom. The Kier molecular flexibility index (Phi) is 3.45. The van der Waals surface area contributed by atoms with Crippen LogP contribution in [0.15, 0.2) is 46.9 Å². The van der Waals surface area contributed by atoms with Crippen molar-refractivity contribution < 1.29 is 0 Å². The van der Waals surface area contributed by atoms with Crippen LogP contribution in [0, 0.1) is 11.3 Å². The largest absolute Gasteiger partial charge is 0.246 e. The van der Waals surface area contributed by atoms with E-state index in [1.165, 1.54) is 4.70 Å². The molecule has 0 bridgehead atoms. The molecule has 2 aromatic heterocycles. The Bertz CT molecular complexity index is 725. The molecule has 19 heavy (non-hydrogen) atoms. The summed E-state index contributed by atoms with van der Waals surface area (Å²) < 4.78 is 2.26. The van der Waals surface area contributed by atoms with Crippen molar-refractivity contribution in [1.29, 1.82) is 5.26 Å². The van der Waals surface area contributed by atoms with Gasteiger partial charge in [-0.25, -0.2) is 9.97 Å². The highest BCUT2D eigenvalue weighted by Crippen LogP contribution is 2.31. The minimum absolute atomic E-state index is 0.461. The fourth-order valence-corrected chi connectivity index (χ4v) is 3.69. The smallest absolute Gasteiger partial charge is 0.151 e. The quantitative estimate of drug-likeness (QED) is 0.685. The lowest BCUT2D eigenvalue weighted by molar-refractivity contribution is 1.22. The zero-order valence-electron chi connectivity index (χ0n) is 9.91. The molecule has 0 saturated heterocycles. The number of nitrogens with zero attached hydrogens (tertiary/aromatic N) is 3. The van der Waals surface area contributed by atoms with Crippen LogP contribution in [0.25, 0.3) is 10.2 Å². The number of fused-ring (bicyclic) bond motifs is 1. The van der Waals surface area contributed by atoms with Crippen molar-refractivity contribution in [1.82, 2.24) is 9.97 Å². The number of hydrogen-bond acceptors (Lipinski definition) is 5. The predicted octanol–water partition coefficient (Wildman–Crippen LogP) is 3.86. The molecule has 5 heteroatoms. The van der Waals surface area contributed by atoms with Crippen molar-refractivity contribution in [3.05, 3.63) is 53.9 Å². The minimum atomic E-state index is 0.461. The first kappa shape index (κ1) is 12.2. The molecule has 1 aromatic carbocycles. The maximum atomic E-state index is 8.81. The topological polar surface area (TPSA) is 49.6 Å². The number of pyridine rings is 1. The van der Waals surface area contributed by atoms with Crippen molar-refractivity contribution in [2.75, 3.05) is 0 Å². The van der Waals surface area contributed by atoms with Gasteiger partial charge in [0.1, 0.15) is 11.8 Å². The van der Waals surface area contributed by atoms with E-state index in [-0.39, 0.29) is 0 Å². The standard InChI is InChI=1S/C14H9N3S2/c15-8-11-7-10(5-6-16-11)9-18-14-17-12-3-1-2-4-13(12)19-14/h1-7H,9H2. The lowest BCUT2D eigenvalue weighted by Gasteiger charge is -1.98. The van der Waals surface area contributed by atoms with Gasteiger partial charge in [-0.2, -0.15) is 5.26 Å². The highest BCUT2D eigenvalue weighted by Gasteiger charge is 2.04. The van der Waals surface area contributed by atoms with Gasteiger partial charge in [0.25, 0.3) is 0 Å². The molecule has 0 N–H and O–H groups in total. The zero-order valence-corrected chi connectivity index (χ0v) is 11.5. The number of benzene rings is 1. The molecule has 0 radical (unpaired) electrons. The first-order valence-electron chi connectivity index (χ1n) is 5.68. The molecular weight excluding hydrogens is 274 g/mol. The molecular formula is C14H9N3S2. The number of para-hydroxylation sites is 1. The second-order valence-electron chi connectivity index (χ2n) is 3.90. The van der Waals surface area contributed by atoms with E-state index >= 15 is 0 Å². The summed E-state index contributed by atoms with van der Waals surface area (Å²) in [5.74, 6) is 0.803. The van der Waals surface area contributed by atoms with Gasteiger partial charge in [0.15, 0.2) is 4.34 Å². The van der Waals surface area contributed by atoms with Gasteiger partial charge in [-0.3, -0.25) is 0 Å². The van der Waals surface area contributed by atoms with Gasteiger partial charge in [-0.15, -0.1) is 11.3 Å². The van der Waals surface area contributed by atoms with Gasteiger partial charge >= 0.3 is 0 Å². The third kappa shape index (κ3) is 2.75. The van der Waals surface area contributed by atoms with Gasteiger partial charge < -0.3 is 0 Å². The monoisotopic (exact) mass is 283 g/mol. The van der Waals surface area contributed by atoms with Gasteiger partial charge in [0.2, 0.25) is 0 Å². The summed E-state index contributed by atoms with van der Waals surface area (Å²) in [6, 6.07) is 13.9. The Balaban J connectivity index is 1.76. The average Bonchev–Trinajstić information content (AvgIpc) is 2.88. The van der Waals surface area contributed by atoms with E-state index in [1.54, 1.807) is 29.3 Å². The van der Waals surface area contributed by atoms with E-state index in [9.17, 15) is 0 Å². The highest BCUT2D eigenvalue weighted by atomic mass is 32.2. The second-order valence-corrected chi connectivity index (χ2v) is 6.15. The van der Waals surface area contributed by atoms with E-state index in [1.807, 2.05) is 30.3 Å². The molecule has 0 spiro atoms. The number of nitriles is 1. The number of aromatic nitrogens is 2. The first-order valence-corrected chi connectivity index (χ1v) is 7.49. The number of hydrogen-bond donors (Lipinski definition) is 0. The fourth-order valence-electron chi connectivity index (χ4n) is 1.68. The molecule has 0 aliphatic heterocycles. The molecule has 92 valence electrons. The van der Waals surface area contributed by atoms with Crippen molar-refractivity contribution in [2.24, 2.45) is 0 Å². The third-order valence-electron chi connectivity index (χ3n) is 2.58. The van der Waals surface area contributed by atoms with E-state index in [0.29, 0.717) is 5.69 Å². The zero-order chi connectivity index (χ0) is 13.1. The first-order chi connectivity index (χ1) is 9.35. The lowest BCUT2D eigenvalue weighted by Crippen LogP contribution is -1.86. The number of thioether (sulfide) groups is 1. The third-order valence-corrected chi connectivity index (χ3v) is 4.83. The Morgan fingerprint density at radius 1 is 1.26 bits per heavy atom. The SMILES string of the molecule is N#Cc1cc(CSc2nc3ccccc3s2)ccn1. The second kappa shape index (κ2) is 5.39. The van der Waals surface area contributed by atoms with Crippen LogP contribution < -0.4 is 0 Å². The van der Waals surface area contributed by atoms with Crippen LogP contribution in [-0.4, -0.2) is 9.97 Å². The maximum Gasteiger partial charge on any atom is 0.151 e. The molecule has 0 atom stereocenters.